The van der Waals surface area contributed by atoms with Gasteiger partial charge in [-0.25, -0.2) is 15.0 Å². The van der Waals surface area contributed by atoms with E-state index in [1.807, 2.05) is 24.3 Å². The standard InChI is InChI=1S/C61H37N3O2/c1-60(2)46-23-10-6-19-38(46)40-21-14-22-42(55(40)60)59-63-57(34-15-4-3-5-16-34)62-58(64-59)35-27-29-51-45(31-35)54-52(65-51)30-28-41-43-32-44-39-20-9-13-26-50(39)66-53(44)33-49(43)61(56(41)54)47-24-11-7-17-36(47)37-18-8-12-25-48(37)61/h3-33H,1-2H3. The highest BCUT2D eigenvalue weighted by molar-refractivity contribution is 6.16. The second-order valence-electron chi connectivity index (χ2n) is 18.6. The molecular formula is C61H37N3O2. The van der Waals surface area contributed by atoms with Gasteiger partial charge in [0.2, 0.25) is 0 Å². The lowest BCUT2D eigenvalue weighted by Gasteiger charge is -2.31. The van der Waals surface area contributed by atoms with Gasteiger partial charge in [0.15, 0.2) is 17.5 Å². The van der Waals surface area contributed by atoms with Crippen LogP contribution in [0.2, 0.25) is 0 Å². The van der Waals surface area contributed by atoms with Crippen molar-refractivity contribution in [3.63, 3.8) is 0 Å². The van der Waals surface area contributed by atoms with E-state index in [0.29, 0.717) is 17.5 Å². The van der Waals surface area contributed by atoms with E-state index in [9.17, 15) is 0 Å². The minimum absolute atomic E-state index is 0.252. The molecular weight excluding hydrogens is 807 g/mol. The van der Waals surface area contributed by atoms with Gasteiger partial charge < -0.3 is 8.83 Å². The fourth-order valence-corrected chi connectivity index (χ4v) is 12.2. The zero-order valence-corrected chi connectivity index (χ0v) is 36.1. The molecule has 3 aliphatic carbocycles. The minimum Gasteiger partial charge on any atom is -0.456 e. The lowest BCUT2D eigenvalue weighted by atomic mass is 9.69. The molecule has 0 amide bonds. The number of aromatic nitrogens is 3. The number of benzene rings is 9. The number of rotatable bonds is 3. The van der Waals surface area contributed by atoms with Crippen molar-refractivity contribution < 1.29 is 8.83 Å². The fraction of sp³-hybridized carbons (Fsp3) is 0.0656. The van der Waals surface area contributed by atoms with E-state index in [4.69, 9.17) is 23.8 Å². The number of furan rings is 2. The quantitative estimate of drug-likeness (QED) is 0.177. The molecule has 0 aliphatic heterocycles. The summed E-state index contributed by atoms with van der Waals surface area (Å²) in [5, 5.41) is 4.33. The molecule has 0 atom stereocenters. The highest BCUT2D eigenvalue weighted by Crippen LogP contribution is 2.65. The first-order valence-electron chi connectivity index (χ1n) is 22.7. The summed E-state index contributed by atoms with van der Waals surface area (Å²) in [5.74, 6) is 1.89. The van der Waals surface area contributed by atoms with Gasteiger partial charge in [-0.3, -0.25) is 0 Å². The Morgan fingerprint density at radius 1 is 0.333 bits per heavy atom. The molecule has 5 heteroatoms. The van der Waals surface area contributed by atoms with Crippen molar-refractivity contribution in [2.24, 2.45) is 0 Å². The number of fused-ring (bicyclic) bond motifs is 20. The van der Waals surface area contributed by atoms with Crippen LogP contribution in [0.1, 0.15) is 47.2 Å². The Morgan fingerprint density at radius 3 is 1.70 bits per heavy atom. The van der Waals surface area contributed by atoms with E-state index in [2.05, 4.69) is 178 Å². The summed E-state index contributed by atoms with van der Waals surface area (Å²) in [6.45, 7) is 4.62. The normalized spacial score (nSPS) is 14.5. The maximum atomic E-state index is 6.88. The summed E-state index contributed by atoms with van der Waals surface area (Å²) < 4.78 is 13.5. The van der Waals surface area contributed by atoms with Crippen LogP contribution in [0.15, 0.2) is 197 Å². The zero-order valence-electron chi connectivity index (χ0n) is 36.1. The summed E-state index contributed by atoms with van der Waals surface area (Å²) in [7, 11) is 0. The molecule has 0 saturated heterocycles. The molecule has 15 rings (SSSR count). The highest BCUT2D eigenvalue weighted by Gasteiger charge is 2.53. The molecule has 3 aliphatic rings. The van der Waals surface area contributed by atoms with Gasteiger partial charge >= 0.3 is 0 Å². The number of hydrogen-bond acceptors (Lipinski definition) is 5. The third-order valence-electron chi connectivity index (χ3n) is 14.9. The third kappa shape index (κ3) is 4.51. The van der Waals surface area contributed by atoms with Crippen molar-refractivity contribution >= 4 is 43.9 Å². The van der Waals surface area contributed by atoms with Crippen molar-refractivity contribution in [2.45, 2.75) is 24.7 Å². The molecule has 0 saturated carbocycles. The van der Waals surface area contributed by atoms with Gasteiger partial charge in [-0.1, -0.05) is 159 Å². The Hall–Kier alpha value is -8.41. The fourth-order valence-electron chi connectivity index (χ4n) is 12.2. The van der Waals surface area contributed by atoms with Gasteiger partial charge in [0, 0.05) is 43.7 Å². The molecule has 0 radical (unpaired) electrons. The Balaban J connectivity index is 1.01. The Labute approximate surface area is 379 Å². The summed E-state index contributed by atoms with van der Waals surface area (Å²) in [4.78, 5) is 15.9. The Morgan fingerprint density at radius 2 is 0.909 bits per heavy atom. The predicted molar refractivity (Wildman–Crippen MR) is 265 cm³/mol. The van der Waals surface area contributed by atoms with Gasteiger partial charge in [0.1, 0.15) is 22.3 Å². The van der Waals surface area contributed by atoms with Crippen LogP contribution in [0, 0.1) is 0 Å². The molecule has 3 heterocycles. The second-order valence-corrected chi connectivity index (χ2v) is 18.6. The van der Waals surface area contributed by atoms with Crippen molar-refractivity contribution in [1.29, 1.82) is 0 Å². The average molecular weight is 844 g/mol. The van der Waals surface area contributed by atoms with E-state index >= 15 is 0 Å². The lowest BCUT2D eigenvalue weighted by molar-refractivity contribution is 0.661. The molecule has 1 spiro atoms. The zero-order chi connectivity index (χ0) is 43.5. The van der Waals surface area contributed by atoms with E-state index < -0.39 is 5.41 Å². The topological polar surface area (TPSA) is 65.0 Å². The van der Waals surface area contributed by atoms with Gasteiger partial charge in [-0.15, -0.1) is 0 Å². The third-order valence-corrected chi connectivity index (χ3v) is 14.9. The van der Waals surface area contributed by atoms with Gasteiger partial charge in [-0.05, 0) is 109 Å². The number of para-hydroxylation sites is 1. The molecule has 0 bridgehead atoms. The SMILES string of the molecule is CC1(C)c2ccccc2-c2cccc(-c3nc(-c4ccccc4)nc(-c4ccc5oc6ccc7c(c6c5c4)C4(c5ccccc5-c5ccccc54)c4cc5oc6ccccc6c5cc4-7)n3)c21. The maximum absolute atomic E-state index is 6.88. The molecule has 308 valence electrons. The summed E-state index contributed by atoms with van der Waals surface area (Å²) >= 11 is 0. The van der Waals surface area contributed by atoms with Crippen molar-refractivity contribution in [3.05, 3.63) is 221 Å². The van der Waals surface area contributed by atoms with E-state index in [0.717, 1.165) is 60.6 Å². The second kappa shape index (κ2) is 12.6. The molecule has 66 heavy (non-hydrogen) atoms. The average Bonchev–Trinajstić information content (AvgIpc) is 4.14. The van der Waals surface area contributed by atoms with Crippen LogP contribution in [0.25, 0.3) is 111 Å². The van der Waals surface area contributed by atoms with Gasteiger partial charge in [0.05, 0.1) is 5.41 Å². The molecule has 3 aromatic heterocycles. The highest BCUT2D eigenvalue weighted by atomic mass is 16.3. The summed E-state index contributed by atoms with van der Waals surface area (Å²) in [6.07, 6.45) is 0. The molecule has 9 aromatic carbocycles. The smallest absolute Gasteiger partial charge is 0.164 e. The molecule has 0 fully saturated rings. The van der Waals surface area contributed by atoms with Gasteiger partial charge in [-0.2, -0.15) is 0 Å². The van der Waals surface area contributed by atoms with Crippen LogP contribution >= 0.6 is 0 Å². The first kappa shape index (κ1) is 36.0. The molecule has 5 nitrogen and oxygen atoms in total. The predicted octanol–water partition coefficient (Wildman–Crippen LogP) is 15.3. The van der Waals surface area contributed by atoms with Crippen LogP contribution < -0.4 is 0 Å². The summed E-state index contributed by atoms with van der Waals surface area (Å²) in [6, 6.07) is 67.3. The largest absolute Gasteiger partial charge is 0.456 e. The Kier molecular flexibility index (Phi) is 6.90. The monoisotopic (exact) mass is 843 g/mol. The minimum atomic E-state index is -0.643. The first-order chi connectivity index (χ1) is 32.5. The maximum Gasteiger partial charge on any atom is 0.164 e. The molecule has 12 aromatic rings. The van der Waals surface area contributed by atoms with E-state index in [1.54, 1.807) is 0 Å². The lowest BCUT2D eigenvalue weighted by Crippen LogP contribution is -2.26. The van der Waals surface area contributed by atoms with Crippen molar-refractivity contribution in [2.75, 3.05) is 0 Å². The Bertz CT molecular complexity index is 4050. The van der Waals surface area contributed by atoms with Crippen LogP contribution in [0.4, 0.5) is 0 Å². The number of hydrogen-bond donors (Lipinski definition) is 0. The van der Waals surface area contributed by atoms with Crippen LogP contribution in [-0.2, 0) is 10.8 Å². The molecule has 0 N–H and O–H groups in total. The van der Waals surface area contributed by atoms with Crippen LogP contribution in [-0.4, -0.2) is 15.0 Å². The van der Waals surface area contributed by atoms with Crippen LogP contribution in [0.3, 0.4) is 0 Å². The molecule has 0 unspecified atom stereocenters. The number of nitrogens with zero attached hydrogens (tertiary/aromatic N) is 3. The van der Waals surface area contributed by atoms with E-state index in [-0.39, 0.29) is 5.41 Å². The summed E-state index contributed by atoms with van der Waals surface area (Å²) in [5.41, 5.74) is 20.2. The van der Waals surface area contributed by atoms with Gasteiger partial charge in [0.25, 0.3) is 0 Å². The van der Waals surface area contributed by atoms with Crippen LogP contribution in [0.5, 0.6) is 0 Å². The van der Waals surface area contributed by atoms with E-state index in [1.165, 1.54) is 66.8 Å². The first-order valence-corrected chi connectivity index (χ1v) is 22.7. The van der Waals surface area contributed by atoms with Crippen molar-refractivity contribution in [1.82, 2.24) is 15.0 Å². The van der Waals surface area contributed by atoms with Crippen molar-refractivity contribution in [3.8, 4) is 67.5 Å².